The fourth-order valence-electron chi connectivity index (χ4n) is 2.07. The van der Waals surface area contributed by atoms with Gasteiger partial charge in [0.15, 0.2) is 0 Å². The minimum absolute atomic E-state index is 0.117. The molecule has 0 spiro atoms. The highest BCUT2D eigenvalue weighted by molar-refractivity contribution is 5.67. The minimum Gasteiger partial charge on any atom is -0.450 e. The van der Waals surface area contributed by atoms with Gasteiger partial charge in [0.2, 0.25) is 0 Å². The van der Waals surface area contributed by atoms with Gasteiger partial charge in [-0.2, -0.15) is 0 Å². The third-order valence-electron chi connectivity index (χ3n) is 3.21. The quantitative estimate of drug-likeness (QED) is 0.780. The van der Waals surface area contributed by atoms with Crippen LogP contribution in [0.2, 0.25) is 0 Å². The maximum absolute atomic E-state index is 11.6. The lowest BCUT2D eigenvalue weighted by molar-refractivity contribution is 0.0818. The van der Waals surface area contributed by atoms with E-state index < -0.39 is 0 Å². The van der Waals surface area contributed by atoms with Crippen LogP contribution in [0.1, 0.15) is 27.7 Å². The van der Waals surface area contributed by atoms with E-state index in [1.165, 1.54) is 5.57 Å². The van der Waals surface area contributed by atoms with Crippen LogP contribution in [0, 0.1) is 0 Å². The Morgan fingerprint density at radius 1 is 1.25 bits per heavy atom. The van der Waals surface area contributed by atoms with Gasteiger partial charge >= 0.3 is 6.09 Å². The van der Waals surface area contributed by atoms with Crippen LogP contribution < -0.4 is 5.32 Å². The standard InChI is InChI=1S/C15H29N3O2/c1-6-20-14(19)18-9-7-17(8-10-18)12-13(2)11-16-15(3,4)5/h16H,2,6-12H2,1,3-5H3. The molecule has 0 atom stereocenters. The molecule has 0 aromatic heterocycles. The van der Waals surface area contributed by atoms with E-state index in [0.717, 1.165) is 39.3 Å². The maximum Gasteiger partial charge on any atom is 0.409 e. The number of carbonyl (C=O) groups is 1. The van der Waals surface area contributed by atoms with Gasteiger partial charge in [0, 0.05) is 44.8 Å². The molecular weight excluding hydrogens is 254 g/mol. The van der Waals surface area contributed by atoms with Crippen LogP contribution >= 0.6 is 0 Å². The Morgan fingerprint density at radius 2 is 1.85 bits per heavy atom. The molecule has 1 fully saturated rings. The number of carbonyl (C=O) groups excluding carboxylic acids is 1. The third-order valence-corrected chi connectivity index (χ3v) is 3.21. The Morgan fingerprint density at radius 3 is 2.35 bits per heavy atom. The fourth-order valence-corrected chi connectivity index (χ4v) is 2.07. The number of ether oxygens (including phenoxy) is 1. The van der Waals surface area contributed by atoms with E-state index in [4.69, 9.17) is 4.74 Å². The normalized spacial score (nSPS) is 17.1. The van der Waals surface area contributed by atoms with Crippen LogP contribution in [0.4, 0.5) is 4.79 Å². The lowest BCUT2D eigenvalue weighted by Crippen LogP contribution is -2.49. The zero-order chi connectivity index (χ0) is 15.2. The molecule has 20 heavy (non-hydrogen) atoms. The summed E-state index contributed by atoms with van der Waals surface area (Å²) in [5.74, 6) is 0. The van der Waals surface area contributed by atoms with Crippen LogP contribution in [0.25, 0.3) is 0 Å². The number of hydrogen-bond donors (Lipinski definition) is 1. The van der Waals surface area contributed by atoms with E-state index in [1.54, 1.807) is 4.90 Å². The van der Waals surface area contributed by atoms with Crippen LogP contribution in [0.5, 0.6) is 0 Å². The van der Waals surface area contributed by atoms with Crippen LogP contribution in [-0.4, -0.2) is 67.3 Å². The summed E-state index contributed by atoms with van der Waals surface area (Å²) >= 11 is 0. The van der Waals surface area contributed by atoms with Crippen molar-refractivity contribution < 1.29 is 9.53 Å². The van der Waals surface area contributed by atoms with Crippen molar-refractivity contribution in [3.63, 3.8) is 0 Å². The van der Waals surface area contributed by atoms with Crippen LogP contribution in [-0.2, 0) is 4.74 Å². The number of hydrogen-bond acceptors (Lipinski definition) is 4. The molecule has 1 saturated heterocycles. The molecule has 0 bridgehead atoms. The number of piperazine rings is 1. The molecule has 0 saturated carbocycles. The van der Waals surface area contributed by atoms with Gasteiger partial charge in [-0.1, -0.05) is 6.58 Å². The zero-order valence-corrected chi connectivity index (χ0v) is 13.4. The summed E-state index contributed by atoms with van der Waals surface area (Å²) in [5.41, 5.74) is 1.30. The van der Waals surface area contributed by atoms with Gasteiger partial charge in [-0.15, -0.1) is 0 Å². The maximum atomic E-state index is 11.6. The average Bonchev–Trinajstić information content (AvgIpc) is 2.37. The molecule has 5 nitrogen and oxygen atoms in total. The van der Waals surface area contributed by atoms with E-state index in [2.05, 4.69) is 37.6 Å². The second-order valence-electron chi connectivity index (χ2n) is 6.32. The van der Waals surface area contributed by atoms with Gasteiger partial charge in [-0.3, -0.25) is 4.90 Å². The molecule has 0 unspecified atom stereocenters. The number of nitrogens with one attached hydrogen (secondary N) is 1. The molecule has 1 N–H and O–H groups in total. The molecular formula is C15H29N3O2. The van der Waals surface area contributed by atoms with Gasteiger partial charge in [0.25, 0.3) is 0 Å². The second-order valence-corrected chi connectivity index (χ2v) is 6.32. The highest BCUT2D eigenvalue weighted by Gasteiger charge is 2.22. The first-order valence-corrected chi connectivity index (χ1v) is 7.37. The Balaban J connectivity index is 2.25. The van der Waals surface area contributed by atoms with E-state index in [-0.39, 0.29) is 11.6 Å². The summed E-state index contributed by atoms with van der Waals surface area (Å²) in [7, 11) is 0. The third kappa shape index (κ3) is 6.39. The lowest BCUT2D eigenvalue weighted by atomic mass is 10.1. The molecule has 0 aliphatic carbocycles. The summed E-state index contributed by atoms with van der Waals surface area (Å²) in [6.07, 6.45) is -0.194. The molecule has 1 heterocycles. The Hall–Kier alpha value is -1.07. The highest BCUT2D eigenvalue weighted by atomic mass is 16.6. The predicted molar refractivity (Wildman–Crippen MR) is 81.9 cm³/mol. The van der Waals surface area contributed by atoms with Crippen molar-refractivity contribution >= 4 is 6.09 Å². The first kappa shape index (κ1) is 17.0. The summed E-state index contributed by atoms with van der Waals surface area (Å²) in [5, 5.41) is 3.44. The van der Waals surface area contributed by atoms with Gasteiger partial charge in [0.1, 0.15) is 0 Å². The molecule has 0 aromatic rings. The van der Waals surface area contributed by atoms with Crippen molar-refractivity contribution in [1.82, 2.24) is 15.1 Å². The van der Waals surface area contributed by atoms with Crippen molar-refractivity contribution in [3.05, 3.63) is 12.2 Å². The topological polar surface area (TPSA) is 44.8 Å². The number of rotatable bonds is 5. The van der Waals surface area contributed by atoms with Crippen molar-refractivity contribution in [2.45, 2.75) is 33.2 Å². The first-order chi connectivity index (χ1) is 9.31. The Kier molecular flexibility index (Phi) is 6.49. The molecule has 1 rings (SSSR count). The summed E-state index contributed by atoms with van der Waals surface area (Å²) in [6.45, 7) is 17.8. The van der Waals surface area contributed by atoms with Crippen LogP contribution in [0.15, 0.2) is 12.2 Å². The zero-order valence-electron chi connectivity index (χ0n) is 13.4. The van der Waals surface area contributed by atoms with Crippen molar-refractivity contribution in [3.8, 4) is 0 Å². The molecule has 0 aromatic carbocycles. The summed E-state index contributed by atoms with van der Waals surface area (Å²) in [6, 6.07) is 0. The van der Waals surface area contributed by atoms with Crippen molar-refractivity contribution in [2.75, 3.05) is 45.9 Å². The predicted octanol–water partition coefficient (Wildman–Crippen LogP) is 1.70. The van der Waals surface area contributed by atoms with Crippen LogP contribution in [0.3, 0.4) is 0 Å². The molecule has 0 radical (unpaired) electrons. The molecule has 5 heteroatoms. The fraction of sp³-hybridized carbons (Fsp3) is 0.800. The molecule has 1 aliphatic heterocycles. The smallest absolute Gasteiger partial charge is 0.409 e. The first-order valence-electron chi connectivity index (χ1n) is 7.37. The van der Waals surface area contributed by atoms with E-state index in [9.17, 15) is 4.79 Å². The van der Waals surface area contributed by atoms with Gasteiger partial charge in [-0.25, -0.2) is 4.79 Å². The van der Waals surface area contributed by atoms with E-state index in [1.807, 2.05) is 6.92 Å². The van der Waals surface area contributed by atoms with Gasteiger partial charge in [-0.05, 0) is 33.3 Å². The minimum atomic E-state index is -0.194. The van der Waals surface area contributed by atoms with Crippen molar-refractivity contribution in [2.24, 2.45) is 0 Å². The largest absolute Gasteiger partial charge is 0.450 e. The highest BCUT2D eigenvalue weighted by Crippen LogP contribution is 2.07. The Bertz CT molecular complexity index is 329. The average molecular weight is 283 g/mol. The summed E-state index contributed by atoms with van der Waals surface area (Å²) in [4.78, 5) is 15.7. The molecule has 116 valence electrons. The monoisotopic (exact) mass is 283 g/mol. The summed E-state index contributed by atoms with van der Waals surface area (Å²) < 4.78 is 5.01. The number of amides is 1. The van der Waals surface area contributed by atoms with Crippen molar-refractivity contribution in [1.29, 1.82) is 0 Å². The number of nitrogens with zero attached hydrogens (tertiary/aromatic N) is 2. The van der Waals surface area contributed by atoms with E-state index >= 15 is 0 Å². The lowest BCUT2D eigenvalue weighted by Gasteiger charge is -2.34. The van der Waals surface area contributed by atoms with Gasteiger partial charge in [0.05, 0.1) is 6.61 Å². The Labute approximate surface area is 122 Å². The molecule has 1 amide bonds. The van der Waals surface area contributed by atoms with E-state index in [0.29, 0.717) is 6.61 Å². The SMILES string of the molecule is C=C(CNC(C)(C)C)CN1CCN(C(=O)OCC)CC1. The van der Waals surface area contributed by atoms with Gasteiger partial charge < -0.3 is 15.0 Å². The second kappa shape index (κ2) is 7.64. The molecule has 1 aliphatic rings.